The van der Waals surface area contributed by atoms with Crippen molar-refractivity contribution < 1.29 is 4.74 Å². The molecule has 0 spiro atoms. The molecule has 1 atom stereocenters. The lowest BCUT2D eigenvalue weighted by atomic mass is 10.00. The van der Waals surface area contributed by atoms with Crippen LogP contribution in [0.2, 0.25) is 0 Å². The van der Waals surface area contributed by atoms with Gasteiger partial charge in [-0.05, 0) is 25.8 Å². The molecule has 2 nitrogen and oxygen atoms in total. The van der Waals surface area contributed by atoms with Crippen LogP contribution in [0.3, 0.4) is 0 Å². The van der Waals surface area contributed by atoms with E-state index in [0.29, 0.717) is 5.92 Å². The summed E-state index contributed by atoms with van der Waals surface area (Å²) in [6.07, 6.45) is 6.26. The van der Waals surface area contributed by atoms with Gasteiger partial charge in [-0.15, -0.1) is 12.4 Å². The number of halogens is 1. The van der Waals surface area contributed by atoms with E-state index in [9.17, 15) is 0 Å². The molecule has 0 radical (unpaired) electrons. The number of ether oxygens (including phenoxy) is 1. The topological polar surface area (TPSA) is 21.3 Å². The zero-order chi connectivity index (χ0) is 8.23. The zero-order valence-electron chi connectivity index (χ0n) is 7.92. The second-order valence-electron chi connectivity index (χ2n) is 3.73. The second kappa shape index (κ2) is 5.63. The van der Waals surface area contributed by atoms with E-state index in [1.165, 1.54) is 25.8 Å². The number of piperidine rings is 1. The third-order valence-electron chi connectivity index (χ3n) is 2.64. The lowest BCUT2D eigenvalue weighted by Crippen LogP contribution is -2.24. The van der Waals surface area contributed by atoms with E-state index in [0.717, 1.165) is 19.8 Å². The Hall–Kier alpha value is -0.0500. The van der Waals surface area contributed by atoms with E-state index in [4.69, 9.17) is 4.74 Å². The molecule has 3 heteroatoms. The summed E-state index contributed by atoms with van der Waals surface area (Å²) in [6, 6.07) is 0. The first-order valence-electron chi connectivity index (χ1n) is 4.93. The van der Waals surface area contributed by atoms with Crippen LogP contribution in [-0.4, -0.2) is 26.3 Å². The minimum atomic E-state index is 0. The van der Waals surface area contributed by atoms with Crippen LogP contribution in [0.5, 0.6) is 0 Å². The molecule has 1 N–H and O–H groups in total. The summed E-state index contributed by atoms with van der Waals surface area (Å²) >= 11 is 0. The van der Waals surface area contributed by atoms with Crippen LogP contribution in [0.15, 0.2) is 11.6 Å². The molecular weight excluding hydrogens is 186 g/mol. The van der Waals surface area contributed by atoms with Crippen molar-refractivity contribution in [1.29, 1.82) is 0 Å². The number of hydrogen-bond donors (Lipinski definition) is 1. The summed E-state index contributed by atoms with van der Waals surface area (Å²) in [4.78, 5) is 0. The third kappa shape index (κ3) is 3.29. The molecule has 2 aliphatic heterocycles. The molecule has 76 valence electrons. The summed E-state index contributed by atoms with van der Waals surface area (Å²) in [5, 5.41) is 3.40. The quantitative estimate of drug-likeness (QED) is 0.656. The summed E-state index contributed by atoms with van der Waals surface area (Å²) in [5.41, 5.74) is 1.59. The second-order valence-corrected chi connectivity index (χ2v) is 3.73. The number of hydrogen-bond acceptors (Lipinski definition) is 2. The van der Waals surface area contributed by atoms with Crippen molar-refractivity contribution >= 4 is 12.4 Å². The monoisotopic (exact) mass is 203 g/mol. The van der Waals surface area contributed by atoms with Crippen molar-refractivity contribution in [2.45, 2.75) is 19.3 Å². The number of rotatable bonds is 1. The Kier molecular flexibility index (Phi) is 4.78. The first-order valence-corrected chi connectivity index (χ1v) is 4.93. The van der Waals surface area contributed by atoms with Gasteiger partial charge in [0, 0.05) is 19.1 Å². The average Bonchev–Trinajstić information content (AvgIpc) is 2.59. The molecule has 0 aromatic heterocycles. The van der Waals surface area contributed by atoms with E-state index in [-0.39, 0.29) is 12.4 Å². The van der Waals surface area contributed by atoms with Gasteiger partial charge in [-0.25, -0.2) is 0 Å². The predicted molar refractivity (Wildman–Crippen MR) is 56.4 cm³/mol. The van der Waals surface area contributed by atoms with Gasteiger partial charge in [-0.2, -0.15) is 0 Å². The highest BCUT2D eigenvalue weighted by atomic mass is 35.5. The number of nitrogens with one attached hydrogen (secondary N) is 1. The SMILES string of the molecule is C(=C1\CCCNC1)/C1CCOC1.Cl. The predicted octanol–water partition coefficient (Wildman–Crippen LogP) is 1.75. The minimum absolute atomic E-state index is 0. The summed E-state index contributed by atoms with van der Waals surface area (Å²) in [5.74, 6) is 0.708. The van der Waals surface area contributed by atoms with Crippen molar-refractivity contribution in [3.05, 3.63) is 11.6 Å². The standard InChI is InChI=1S/C10H17NO.ClH/c1-2-9(7-11-4-1)6-10-3-5-12-8-10;/h6,10-11H,1-5,7-8H2;1H/b9-6-;. The first kappa shape index (κ1) is 11.0. The highest BCUT2D eigenvalue weighted by Crippen LogP contribution is 2.18. The highest BCUT2D eigenvalue weighted by molar-refractivity contribution is 5.85. The lowest BCUT2D eigenvalue weighted by Gasteiger charge is -2.16. The Morgan fingerprint density at radius 2 is 2.38 bits per heavy atom. The molecule has 0 amide bonds. The minimum Gasteiger partial charge on any atom is -0.381 e. The van der Waals surface area contributed by atoms with Gasteiger partial charge in [0.1, 0.15) is 0 Å². The normalized spacial score (nSPS) is 31.7. The maximum atomic E-state index is 5.33. The van der Waals surface area contributed by atoms with Crippen LogP contribution in [-0.2, 0) is 4.74 Å². The molecule has 2 heterocycles. The Bertz CT molecular complexity index is 168. The molecule has 0 aromatic rings. The highest BCUT2D eigenvalue weighted by Gasteiger charge is 2.14. The first-order chi connectivity index (χ1) is 5.95. The largest absolute Gasteiger partial charge is 0.381 e. The van der Waals surface area contributed by atoms with Gasteiger partial charge in [0.05, 0.1) is 6.61 Å². The lowest BCUT2D eigenvalue weighted by molar-refractivity contribution is 0.191. The van der Waals surface area contributed by atoms with E-state index < -0.39 is 0 Å². The van der Waals surface area contributed by atoms with Gasteiger partial charge in [-0.3, -0.25) is 0 Å². The van der Waals surface area contributed by atoms with Crippen LogP contribution in [0.25, 0.3) is 0 Å². The van der Waals surface area contributed by atoms with E-state index >= 15 is 0 Å². The van der Waals surface area contributed by atoms with E-state index in [1.807, 2.05) is 0 Å². The van der Waals surface area contributed by atoms with Gasteiger partial charge in [-0.1, -0.05) is 11.6 Å². The summed E-state index contributed by atoms with van der Waals surface area (Å²) in [7, 11) is 0. The maximum absolute atomic E-state index is 5.33. The van der Waals surface area contributed by atoms with Gasteiger partial charge in [0.25, 0.3) is 0 Å². The fourth-order valence-corrected chi connectivity index (χ4v) is 1.94. The van der Waals surface area contributed by atoms with Gasteiger partial charge in [0.15, 0.2) is 0 Å². The fraction of sp³-hybridized carbons (Fsp3) is 0.800. The maximum Gasteiger partial charge on any atom is 0.0529 e. The fourth-order valence-electron chi connectivity index (χ4n) is 1.94. The Labute approximate surface area is 86.1 Å². The van der Waals surface area contributed by atoms with Crippen molar-refractivity contribution in [2.75, 3.05) is 26.3 Å². The smallest absolute Gasteiger partial charge is 0.0529 e. The molecule has 2 fully saturated rings. The van der Waals surface area contributed by atoms with Gasteiger partial charge < -0.3 is 10.1 Å². The molecule has 13 heavy (non-hydrogen) atoms. The van der Waals surface area contributed by atoms with Gasteiger partial charge in [0.2, 0.25) is 0 Å². The van der Waals surface area contributed by atoms with Crippen LogP contribution >= 0.6 is 12.4 Å². The molecule has 1 unspecified atom stereocenters. The Balaban J connectivity index is 0.000000845. The Morgan fingerprint density at radius 1 is 1.46 bits per heavy atom. The van der Waals surface area contributed by atoms with Crippen molar-refractivity contribution in [3.8, 4) is 0 Å². The molecule has 2 saturated heterocycles. The summed E-state index contributed by atoms with van der Waals surface area (Å²) < 4.78 is 5.33. The molecular formula is C10H18ClNO. The molecule has 0 bridgehead atoms. The molecule has 0 aliphatic carbocycles. The van der Waals surface area contributed by atoms with Crippen LogP contribution in [0.4, 0.5) is 0 Å². The van der Waals surface area contributed by atoms with Crippen LogP contribution in [0.1, 0.15) is 19.3 Å². The van der Waals surface area contributed by atoms with E-state index in [1.54, 1.807) is 5.57 Å². The zero-order valence-corrected chi connectivity index (χ0v) is 8.74. The van der Waals surface area contributed by atoms with Crippen molar-refractivity contribution in [1.82, 2.24) is 5.32 Å². The van der Waals surface area contributed by atoms with E-state index in [2.05, 4.69) is 11.4 Å². The van der Waals surface area contributed by atoms with Crippen LogP contribution < -0.4 is 5.32 Å². The molecule has 0 saturated carbocycles. The Morgan fingerprint density at radius 3 is 3.00 bits per heavy atom. The van der Waals surface area contributed by atoms with Crippen molar-refractivity contribution in [2.24, 2.45) is 5.92 Å². The molecule has 2 aliphatic rings. The summed E-state index contributed by atoms with van der Waals surface area (Å²) in [6.45, 7) is 4.21. The van der Waals surface area contributed by atoms with Crippen molar-refractivity contribution in [3.63, 3.8) is 0 Å². The van der Waals surface area contributed by atoms with Crippen LogP contribution in [0, 0.1) is 5.92 Å². The van der Waals surface area contributed by atoms with Gasteiger partial charge >= 0.3 is 0 Å². The molecule has 0 aromatic carbocycles. The average molecular weight is 204 g/mol. The third-order valence-corrected chi connectivity index (χ3v) is 2.64. The molecule has 2 rings (SSSR count).